The summed E-state index contributed by atoms with van der Waals surface area (Å²) >= 11 is 1.68. The highest BCUT2D eigenvalue weighted by atomic mass is 32.1. The molecule has 1 amide bonds. The van der Waals surface area contributed by atoms with Crippen LogP contribution in [0.4, 0.5) is 0 Å². The van der Waals surface area contributed by atoms with Gasteiger partial charge in [0.15, 0.2) is 0 Å². The molecule has 0 saturated carbocycles. The number of rotatable bonds is 3. The van der Waals surface area contributed by atoms with Crippen LogP contribution in [0, 0.1) is 11.8 Å². The lowest BCUT2D eigenvalue weighted by Gasteiger charge is -2.17. The van der Waals surface area contributed by atoms with Crippen molar-refractivity contribution in [3.8, 4) is 11.8 Å². The SMILES string of the molecule is O=C1CCN(Cc2ccc(C#CCCO)s2)CCN1. The Labute approximate surface area is 117 Å². The number of aliphatic hydroxyl groups is 1. The van der Waals surface area contributed by atoms with Gasteiger partial charge in [-0.2, -0.15) is 0 Å². The van der Waals surface area contributed by atoms with Crippen molar-refractivity contribution in [2.45, 2.75) is 19.4 Å². The monoisotopic (exact) mass is 278 g/mol. The fraction of sp³-hybridized carbons (Fsp3) is 0.500. The van der Waals surface area contributed by atoms with E-state index in [-0.39, 0.29) is 12.5 Å². The number of thiophene rings is 1. The molecule has 0 unspecified atom stereocenters. The minimum atomic E-state index is 0.111. The smallest absolute Gasteiger partial charge is 0.221 e. The Hall–Kier alpha value is -1.35. The highest BCUT2D eigenvalue weighted by Gasteiger charge is 2.13. The second-order valence-corrected chi connectivity index (χ2v) is 5.59. The Morgan fingerprint density at radius 2 is 2.32 bits per heavy atom. The molecule has 1 aromatic rings. The molecule has 4 nitrogen and oxygen atoms in total. The van der Waals surface area contributed by atoms with E-state index >= 15 is 0 Å². The van der Waals surface area contributed by atoms with E-state index in [0.29, 0.717) is 12.8 Å². The van der Waals surface area contributed by atoms with Crippen LogP contribution in [0.15, 0.2) is 12.1 Å². The normalized spacial score (nSPS) is 16.4. The Morgan fingerprint density at radius 3 is 3.16 bits per heavy atom. The van der Waals surface area contributed by atoms with E-state index in [4.69, 9.17) is 5.11 Å². The lowest BCUT2D eigenvalue weighted by Crippen LogP contribution is -2.27. The Balaban J connectivity index is 1.89. The van der Waals surface area contributed by atoms with Gasteiger partial charge in [-0.15, -0.1) is 11.3 Å². The first kappa shape index (κ1) is 14.1. The van der Waals surface area contributed by atoms with E-state index < -0.39 is 0 Å². The van der Waals surface area contributed by atoms with Crippen LogP contribution in [-0.4, -0.2) is 42.2 Å². The number of hydrogen-bond donors (Lipinski definition) is 2. The number of hydrogen-bond acceptors (Lipinski definition) is 4. The van der Waals surface area contributed by atoms with Crippen molar-refractivity contribution in [2.75, 3.05) is 26.2 Å². The first-order chi connectivity index (χ1) is 9.28. The molecule has 2 heterocycles. The molecule has 1 fully saturated rings. The van der Waals surface area contributed by atoms with Crippen LogP contribution in [0.1, 0.15) is 22.6 Å². The standard InChI is InChI=1S/C14H18N2O2S/c17-10-2-1-3-12-4-5-13(19-12)11-16-8-6-14(18)15-7-9-16/h4-5,17H,2,6-11H2,(H,15,18). The highest BCUT2D eigenvalue weighted by Crippen LogP contribution is 2.17. The molecule has 19 heavy (non-hydrogen) atoms. The maximum Gasteiger partial charge on any atom is 0.221 e. The van der Waals surface area contributed by atoms with E-state index in [2.05, 4.69) is 28.1 Å². The first-order valence-corrected chi connectivity index (χ1v) is 7.27. The lowest BCUT2D eigenvalue weighted by molar-refractivity contribution is -0.120. The molecule has 0 atom stereocenters. The van der Waals surface area contributed by atoms with Gasteiger partial charge in [-0.25, -0.2) is 0 Å². The van der Waals surface area contributed by atoms with Crippen LogP contribution in [0.3, 0.4) is 0 Å². The largest absolute Gasteiger partial charge is 0.395 e. The van der Waals surface area contributed by atoms with Crippen LogP contribution in [-0.2, 0) is 11.3 Å². The fourth-order valence-corrected chi connectivity index (χ4v) is 2.85. The van der Waals surface area contributed by atoms with E-state index in [1.165, 1.54) is 4.88 Å². The van der Waals surface area contributed by atoms with Crippen LogP contribution in [0.5, 0.6) is 0 Å². The van der Waals surface area contributed by atoms with Crippen molar-refractivity contribution in [1.82, 2.24) is 10.2 Å². The van der Waals surface area contributed by atoms with Crippen molar-refractivity contribution in [3.05, 3.63) is 21.9 Å². The van der Waals surface area contributed by atoms with Crippen LogP contribution >= 0.6 is 11.3 Å². The predicted octanol–water partition coefficient (Wildman–Crippen LogP) is 0.804. The van der Waals surface area contributed by atoms with E-state index in [1.807, 2.05) is 6.07 Å². The Morgan fingerprint density at radius 1 is 1.42 bits per heavy atom. The van der Waals surface area contributed by atoms with Gasteiger partial charge >= 0.3 is 0 Å². The van der Waals surface area contributed by atoms with Gasteiger partial charge < -0.3 is 10.4 Å². The molecule has 2 N–H and O–H groups in total. The molecule has 2 rings (SSSR count). The van der Waals surface area contributed by atoms with Gasteiger partial charge in [0.1, 0.15) is 0 Å². The van der Waals surface area contributed by atoms with Gasteiger partial charge in [0, 0.05) is 43.9 Å². The summed E-state index contributed by atoms with van der Waals surface area (Å²) < 4.78 is 0. The summed E-state index contributed by atoms with van der Waals surface area (Å²) in [7, 11) is 0. The molecule has 0 bridgehead atoms. The molecule has 1 saturated heterocycles. The third-order valence-electron chi connectivity index (χ3n) is 2.89. The molecule has 102 valence electrons. The minimum Gasteiger partial charge on any atom is -0.395 e. The van der Waals surface area contributed by atoms with E-state index in [9.17, 15) is 4.79 Å². The molecule has 1 aromatic heterocycles. The van der Waals surface area contributed by atoms with E-state index in [0.717, 1.165) is 31.1 Å². The number of nitrogens with one attached hydrogen (secondary N) is 1. The predicted molar refractivity (Wildman–Crippen MR) is 75.8 cm³/mol. The minimum absolute atomic E-state index is 0.111. The number of carbonyl (C=O) groups excluding carboxylic acids is 1. The second-order valence-electron chi connectivity index (χ2n) is 4.42. The molecule has 5 heteroatoms. The zero-order valence-corrected chi connectivity index (χ0v) is 11.6. The lowest BCUT2D eigenvalue weighted by atomic mass is 10.3. The second kappa shape index (κ2) is 7.29. The summed E-state index contributed by atoms with van der Waals surface area (Å²) in [4.78, 5) is 15.8. The van der Waals surface area contributed by atoms with Crippen LogP contribution in [0.2, 0.25) is 0 Å². The molecule has 0 radical (unpaired) electrons. The van der Waals surface area contributed by atoms with Crippen LogP contribution in [0.25, 0.3) is 0 Å². The number of nitrogens with zero attached hydrogens (tertiary/aromatic N) is 1. The highest BCUT2D eigenvalue weighted by molar-refractivity contribution is 7.12. The van der Waals surface area contributed by atoms with Crippen molar-refractivity contribution in [2.24, 2.45) is 0 Å². The van der Waals surface area contributed by atoms with Crippen molar-refractivity contribution in [3.63, 3.8) is 0 Å². The number of aliphatic hydroxyl groups excluding tert-OH is 1. The molecule has 1 aliphatic heterocycles. The Kier molecular flexibility index (Phi) is 5.40. The summed E-state index contributed by atoms with van der Waals surface area (Å²) in [5.74, 6) is 6.12. The molecular weight excluding hydrogens is 260 g/mol. The van der Waals surface area contributed by atoms with Gasteiger partial charge in [-0.05, 0) is 12.1 Å². The third kappa shape index (κ3) is 4.67. The zero-order valence-electron chi connectivity index (χ0n) is 10.8. The molecule has 0 spiro atoms. The Bertz CT molecular complexity index is 487. The molecule has 0 aromatic carbocycles. The maximum atomic E-state index is 11.3. The van der Waals surface area contributed by atoms with Crippen molar-refractivity contribution < 1.29 is 9.90 Å². The van der Waals surface area contributed by atoms with Gasteiger partial charge in [0.2, 0.25) is 5.91 Å². The molecule has 1 aliphatic rings. The van der Waals surface area contributed by atoms with Crippen LogP contribution < -0.4 is 5.32 Å². The summed E-state index contributed by atoms with van der Waals surface area (Å²) in [6.45, 7) is 3.43. The molecule has 0 aliphatic carbocycles. The van der Waals surface area contributed by atoms with Crippen molar-refractivity contribution in [1.29, 1.82) is 0 Å². The summed E-state index contributed by atoms with van der Waals surface area (Å²) in [5, 5.41) is 11.6. The molecular formula is C14H18N2O2S. The summed E-state index contributed by atoms with van der Waals surface area (Å²) in [6, 6.07) is 4.11. The topological polar surface area (TPSA) is 52.6 Å². The average molecular weight is 278 g/mol. The average Bonchev–Trinajstić information content (AvgIpc) is 2.73. The van der Waals surface area contributed by atoms with E-state index in [1.54, 1.807) is 11.3 Å². The number of carbonyl (C=O) groups is 1. The van der Waals surface area contributed by atoms with Gasteiger partial charge in [0.25, 0.3) is 0 Å². The fourth-order valence-electron chi connectivity index (χ4n) is 1.93. The summed E-state index contributed by atoms with van der Waals surface area (Å²) in [5.41, 5.74) is 0. The van der Waals surface area contributed by atoms with Gasteiger partial charge in [-0.1, -0.05) is 11.8 Å². The zero-order chi connectivity index (χ0) is 13.5. The van der Waals surface area contributed by atoms with Crippen molar-refractivity contribution >= 4 is 17.2 Å². The first-order valence-electron chi connectivity index (χ1n) is 6.45. The maximum absolute atomic E-state index is 11.3. The quantitative estimate of drug-likeness (QED) is 0.804. The summed E-state index contributed by atoms with van der Waals surface area (Å²) in [6.07, 6.45) is 1.10. The number of amides is 1. The third-order valence-corrected chi connectivity index (χ3v) is 3.88. The van der Waals surface area contributed by atoms with Gasteiger partial charge in [-0.3, -0.25) is 9.69 Å². The van der Waals surface area contributed by atoms with Gasteiger partial charge in [0.05, 0.1) is 11.5 Å².